The number of rotatable bonds is 1. The predicted octanol–water partition coefficient (Wildman–Crippen LogP) is 3.88. The number of fused-ring (bicyclic) bond motifs is 2. The molecule has 0 atom stereocenters. The number of benzene rings is 2. The summed E-state index contributed by atoms with van der Waals surface area (Å²) in [5.41, 5.74) is 1.11. The van der Waals surface area contributed by atoms with E-state index in [0.29, 0.717) is 46.5 Å². The minimum absolute atomic E-state index is 0.109. The van der Waals surface area contributed by atoms with Gasteiger partial charge in [-0.2, -0.15) is 0 Å². The Kier molecular flexibility index (Phi) is 3.05. The lowest BCUT2D eigenvalue weighted by atomic mass is 10.1. The Morgan fingerprint density at radius 1 is 0.909 bits per heavy atom. The summed E-state index contributed by atoms with van der Waals surface area (Å²) < 4.78 is 16.9. The Labute approximate surface area is 130 Å². The van der Waals surface area contributed by atoms with Crippen molar-refractivity contribution in [3.05, 3.63) is 57.7 Å². The molecule has 0 amide bonds. The van der Waals surface area contributed by atoms with Gasteiger partial charge in [-0.1, -0.05) is 11.6 Å². The summed E-state index contributed by atoms with van der Waals surface area (Å²) in [6.45, 7) is 1.05. The van der Waals surface area contributed by atoms with Gasteiger partial charge in [0.1, 0.15) is 24.6 Å². The molecule has 0 spiro atoms. The van der Waals surface area contributed by atoms with Gasteiger partial charge < -0.3 is 13.9 Å². The second-order valence-electron chi connectivity index (χ2n) is 4.97. The first-order valence-electron chi connectivity index (χ1n) is 6.84. The van der Waals surface area contributed by atoms with Crippen LogP contribution in [-0.2, 0) is 0 Å². The SMILES string of the molecule is O=c1cc(-c2ccc3c(c2)OCCO3)oc2cc(Cl)ccc12. The van der Waals surface area contributed by atoms with Gasteiger partial charge in [-0.25, -0.2) is 0 Å². The zero-order valence-corrected chi connectivity index (χ0v) is 12.2. The van der Waals surface area contributed by atoms with Crippen LogP contribution in [0.4, 0.5) is 0 Å². The molecule has 0 saturated heterocycles. The Hall–Kier alpha value is -2.46. The molecule has 22 heavy (non-hydrogen) atoms. The smallest absolute Gasteiger partial charge is 0.193 e. The Morgan fingerprint density at radius 3 is 2.59 bits per heavy atom. The van der Waals surface area contributed by atoms with Gasteiger partial charge in [0.15, 0.2) is 16.9 Å². The zero-order valence-electron chi connectivity index (χ0n) is 11.5. The monoisotopic (exact) mass is 314 g/mol. The van der Waals surface area contributed by atoms with E-state index in [9.17, 15) is 4.79 Å². The van der Waals surface area contributed by atoms with Gasteiger partial charge in [0.2, 0.25) is 0 Å². The van der Waals surface area contributed by atoms with Crippen molar-refractivity contribution >= 4 is 22.6 Å². The molecule has 0 radical (unpaired) electrons. The van der Waals surface area contributed by atoms with E-state index in [1.807, 2.05) is 18.2 Å². The van der Waals surface area contributed by atoms with E-state index in [0.717, 1.165) is 5.56 Å². The molecule has 110 valence electrons. The minimum atomic E-state index is -0.109. The number of halogens is 1. The standard InChI is InChI=1S/C17H11ClO4/c18-11-2-3-12-13(19)9-15(22-16(12)8-11)10-1-4-14-17(7-10)21-6-5-20-14/h1-4,7-9H,5-6H2. The number of hydrogen-bond acceptors (Lipinski definition) is 4. The van der Waals surface area contributed by atoms with Crippen LogP contribution in [0.15, 0.2) is 51.7 Å². The first-order chi connectivity index (χ1) is 10.7. The van der Waals surface area contributed by atoms with Gasteiger partial charge in [0.25, 0.3) is 0 Å². The Morgan fingerprint density at radius 2 is 1.73 bits per heavy atom. The quantitative estimate of drug-likeness (QED) is 0.684. The van der Waals surface area contributed by atoms with Crippen LogP contribution in [-0.4, -0.2) is 13.2 Å². The van der Waals surface area contributed by atoms with Crippen LogP contribution in [0, 0.1) is 0 Å². The second-order valence-corrected chi connectivity index (χ2v) is 5.41. The maximum absolute atomic E-state index is 12.2. The number of hydrogen-bond donors (Lipinski definition) is 0. The zero-order chi connectivity index (χ0) is 15.1. The van der Waals surface area contributed by atoms with Gasteiger partial charge in [-0.15, -0.1) is 0 Å². The molecule has 0 unspecified atom stereocenters. The summed E-state index contributed by atoms with van der Waals surface area (Å²) in [6.07, 6.45) is 0. The normalized spacial score (nSPS) is 13.3. The highest BCUT2D eigenvalue weighted by Gasteiger charge is 2.14. The molecule has 2 aromatic carbocycles. The molecule has 3 aromatic rings. The lowest BCUT2D eigenvalue weighted by Gasteiger charge is -2.18. The topological polar surface area (TPSA) is 48.7 Å². The highest BCUT2D eigenvalue weighted by atomic mass is 35.5. The van der Waals surface area contributed by atoms with E-state index < -0.39 is 0 Å². The second kappa shape index (κ2) is 5.07. The predicted molar refractivity (Wildman–Crippen MR) is 83.9 cm³/mol. The average Bonchev–Trinajstić information content (AvgIpc) is 2.54. The summed E-state index contributed by atoms with van der Waals surface area (Å²) in [5.74, 6) is 1.82. The summed E-state index contributed by atoms with van der Waals surface area (Å²) in [4.78, 5) is 12.2. The highest BCUT2D eigenvalue weighted by molar-refractivity contribution is 6.31. The van der Waals surface area contributed by atoms with E-state index in [4.69, 9.17) is 25.5 Å². The van der Waals surface area contributed by atoms with E-state index in [1.165, 1.54) is 6.07 Å². The van der Waals surface area contributed by atoms with Gasteiger partial charge in [-0.05, 0) is 30.3 Å². The molecule has 0 N–H and O–H groups in total. The van der Waals surface area contributed by atoms with Crippen LogP contribution in [0.2, 0.25) is 5.02 Å². The van der Waals surface area contributed by atoms with Crippen molar-refractivity contribution in [1.82, 2.24) is 0 Å². The molecule has 0 bridgehead atoms. The van der Waals surface area contributed by atoms with Crippen LogP contribution < -0.4 is 14.9 Å². The molecule has 0 aliphatic carbocycles. The third-order valence-electron chi connectivity index (χ3n) is 3.52. The molecule has 5 heteroatoms. The lowest BCUT2D eigenvalue weighted by molar-refractivity contribution is 0.171. The molecule has 2 heterocycles. The third-order valence-corrected chi connectivity index (χ3v) is 3.75. The van der Waals surface area contributed by atoms with Crippen LogP contribution >= 0.6 is 11.6 Å². The van der Waals surface area contributed by atoms with E-state index in [1.54, 1.807) is 18.2 Å². The van der Waals surface area contributed by atoms with Crippen molar-refractivity contribution in [2.75, 3.05) is 13.2 Å². The van der Waals surface area contributed by atoms with Crippen molar-refractivity contribution in [3.63, 3.8) is 0 Å². The van der Waals surface area contributed by atoms with Gasteiger partial charge >= 0.3 is 0 Å². The molecule has 4 nitrogen and oxygen atoms in total. The van der Waals surface area contributed by atoms with E-state index in [2.05, 4.69) is 0 Å². The highest BCUT2D eigenvalue weighted by Crippen LogP contribution is 2.34. The molecule has 1 aromatic heterocycles. The first-order valence-corrected chi connectivity index (χ1v) is 7.22. The first kappa shape index (κ1) is 13.2. The summed E-state index contributed by atoms with van der Waals surface area (Å²) in [6, 6.07) is 11.9. The Balaban J connectivity index is 1.89. The maximum Gasteiger partial charge on any atom is 0.193 e. The van der Waals surface area contributed by atoms with Gasteiger partial charge in [0.05, 0.1) is 5.39 Å². The third kappa shape index (κ3) is 2.22. The van der Waals surface area contributed by atoms with Crippen molar-refractivity contribution in [3.8, 4) is 22.8 Å². The summed E-state index contributed by atoms with van der Waals surface area (Å²) in [7, 11) is 0. The minimum Gasteiger partial charge on any atom is -0.486 e. The molecule has 4 rings (SSSR count). The molecule has 1 aliphatic rings. The van der Waals surface area contributed by atoms with Gasteiger partial charge in [0, 0.05) is 22.7 Å². The molecule has 0 saturated carbocycles. The van der Waals surface area contributed by atoms with Crippen molar-refractivity contribution in [2.45, 2.75) is 0 Å². The van der Waals surface area contributed by atoms with Crippen molar-refractivity contribution in [2.24, 2.45) is 0 Å². The largest absolute Gasteiger partial charge is 0.486 e. The molecular formula is C17H11ClO4. The lowest BCUT2D eigenvalue weighted by Crippen LogP contribution is -2.15. The Bertz CT molecular complexity index is 930. The van der Waals surface area contributed by atoms with Crippen LogP contribution in [0.3, 0.4) is 0 Å². The molecule has 0 fully saturated rings. The van der Waals surface area contributed by atoms with Crippen molar-refractivity contribution in [1.29, 1.82) is 0 Å². The summed E-state index contributed by atoms with van der Waals surface area (Å²) in [5, 5.41) is 1.03. The average molecular weight is 315 g/mol. The van der Waals surface area contributed by atoms with Crippen molar-refractivity contribution < 1.29 is 13.9 Å². The summed E-state index contributed by atoms with van der Waals surface area (Å²) >= 11 is 5.97. The molecular weight excluding hydrogens is 304 g/mol. The van der Waals surface area contributed by atoms with E-state index in [-0.39, 0.29) is 5.43 Å². The van der Waals surface area contributed by atoms with Gasteiger partial charge in [-0.3, -0.25) is 4.79 Å². The molecule has 1 aliphatic heterocycles. The van der Waals surface area contributed by atoms with Crippen LogP contribution in [0.1, 0.15) is 0 Å². The van der Waals surface area contributed by atoms with E-state index >= 15 is 0 Å². The fourth-order valence-electron chi connectivity index (χ4n) is 2.47. The number of ether oxygens (including phenoxy) is 2. The fourth-order valence-corrected chi connectivity index (χ4v) is 2.63. The maximum atomic E-state index is 12.2. The van der Waals surface area contributed by atoms with Crippen LogP contribution in [0.25, 0.3) is 22.3 Å². The van der Waals surface area contributed by atoms with Crippen LogP contribution in [0.5, 0.6) is 11.5 Å². The fraction of sp³-hybridized carbons (Fsp3) is 0.118.